The van der Waals surface area contributed by atoms with Gasteiger partial charge in [0.05, 0.1) is 0 Å². The summed E-state index contributed by atoms with van der Waals surface area (Å²) in [7, 11) is 0. The Bertz CT molecular complexity index is 336. The molecule has 0 heteroatoms. The van der Waals surface area contributed by atoms with Crippen LogP contribution in [0.5, 0.6) is 0 Å². The van der Waals surface area contributed by atoms with Gasteiger partial charge in [-0.3, -0.25) is 0 Å². The molecule has 0 nitrogen and oxygen atoms in total. The maximum atomic E-state index is 2.50. The Morgan fingerprint density at radius 2 is 1.94 bits per heavy atom. The summed E-state index contributed by atoms with van der Waals surface area (Å²) in [6.45, 7) is 6.92. The zero-order valence-electron chi connectivity index (χ0n) is 10.8. The second kappa shape index (κ2) is 3.75. The minimum atomic E-state index is 0.884. The smallest absolute Gasteiger partial charge is 0.0164 e. The first-order chi connectivity index (χ1) is 7.76. The number of allylic oxidation sites excluding steroid dienone is 4. The summed E-state index contributed by atoms with van der Waals surface area (Å²) in [6.07, 6.45) is 11.6. The van der Waals surface area contributed by atoms with Crippen molar-refractivity contribution in [3.63, 3.8) is 0 Å². The molecule has 3 fully saturated rings. The highest BCUT2D eigenvalue weighted by atomic mass is 14.6. The SMILES string of the molecule is CC=C1CC2CC1C1C(/C=C/C)CC(C)C21. The molecule has 16 heavy (non-hydrogen) atoms. The van der Waals surface area contributed by atoms with Gasteiger partial charge in [-0.25, -0.2) is 0 Å². The highest BCUT2D eigenvalue weighted by Crippen LogP contribution is 2.64. The minimum Gasteiger partial charge on any atom is -0.0914 e. The van der Waals surface area contributed by atoms with Crippen molar-refractivity contribution >= 4 is 0 Å². The highest BCUT2D eigenvalue weighted by Gasteiger charge is 2.56. The predicted octanol–water partition coefficient (Wildman–Crippen LogP) is 4.44. The van der Waals surface area contributed by atoms with E-state index in [1.165, 1.54) is 19.3 Å². The topological polar surface area (TPSA) is 0 Å². The third-order valence-electron chi connectivity index (χ3n) is 5.59. The molecule has 3 aliphatic carbocycles. The van der Waals surface area contributed by atoms with E-state index in [-0.39, 0.29) is 0 Å². The van der Waals surface area contributed by atoms with Gasteiger partial charge in [-0.05, 0) is 68.6 Å². The van der Waals surface area contributed by atoms with Crippen LogP contribution in [0.4, 0.5) is 0 Å². The first kappa shape index (κ1) is 10.6. The largest absolute Gasteiger partial charge is 0.0914 e. The molecule has 0 radical (unpaired) electrons. The monoisotopic (exact) mass is 216 g/mol. The lowest BCUT2D eigenvalue weighted by atomic mass is 9.74. The van der Waals surface area contributed by atoms with E-state index in [1.54, 1.807) is 5.57 Å². The molecule has 0 aromatic carbocycles. The first-order valence-electron chi connectivity index (χ1n) is 7.04. The van der Waals surface area contributed by atoms with Crippen LogP contribution in [0.3, 0.4) is 0 Å². The average Bonchev–Trinajstić information content (AvgIpc) is 2.91. The van der Waals surface area contributed by atoms with Gasteiger partial charge in [0, 0.05) is 0 Å². The summed E-state index contributed by atoms with van der Waals surface area (Å²) in [5, 5.41) is 0. The standard InChI is InChI=1S/C16H24/c1-4-6-12-7-10(3)15-13-8-11(5-2)14(9-13)16(12)15/h4-6,10,12-16H,7-9H2,1-3H3/b6-4+,11-5?. The van der Waals surface area contributed by atoms with Gasteiger partial charge in [-0.1, -0.05) is 30.7 Å². The third-order valence-corrected chi connectivity index (χ3v) is 5.59. The van der Waals surface area contributed by atoms with Crippen LogP contribution in [0.25, 0.3) is 0 Å². The Labute approximate surface area is 99.8 Å². The van der Waals surface area contributed by atoms with Crippen molar-refractivity contribution in [1.29, 1.82) is 0 Å². The molecule has 0 N–H and O–H groups in total. The Morgan fingerprint density at radius 3 is 2.62 bits per heavy atom. The van der Waals surface area contributed by atoms with Crippen LogP contribution in [-0.2, 0) is 0 Å². The van der Waals surface area contributed by atoms with Crippen LogP contribution in [0.15, 0.2) is 23.8 Å². The first-order valence-corrected chi connectivity index (χ1v) is 7.04. The summed E-state index contributed by atoms with van der Waals surface area (Å²) in [6, 6.07) is 0. The fourth-order valence-electron chi connectivity index (χ4n) is 5.25. The van der Waals surface area contributed by atoms with Crippen LogP contribution < -0.4 is 0 Å². The summed E-state index contributed by atoms with van der Waals surface area (Å²) in [5.41, 5.74) is 1.79. The van der Waals surface area contributed by atoms with Crippen molar-refractivity contribution in [1.82, 2.24) is 0 Å². The fraction of sp³-hybridized carbons (Fsp3) is 0.750. The van der Waals surface area contributed by atoms with Gasteiger partial charge in [0.1, 0.15) is 0 Å². The van der Waals surface area contributed by atoms with Crippen LogP contribution in [0, 0.1) is 35.5 Å². The lowest BCUT2D eigenvalue weighted by Crippen LogP contribution is -2.24. The molecule has 0 aliphatic heterocycles. The van der Waals surface area contributed by atoms with Gasteiger partial charge in [-0.2, -0.15) is 0 Å². The van der Waals surface area contributed by atoms with Gasteiger partial charge in [0.2, 0.25) is 0 Å². The molecule has 3 saturated carbocycles. The summed E-state index contributed by atoms with van der Waals surface area (Å²) < 4.78 is 0. The van der Waals surface area contributed by atoms with Crippen molar-refractivity contribution in [2.24, 2.45) is 35.5 Å². The Morgan fingerprint density at radius 1 is 1.12 bits per heavy atom. The van der Waals surface area contributed by atoms with Gasteiger partial charge in [0.15, 0.2) is 0 Å². The molecule has 3 rings (SSSR count). The zero-order chi connectivity index (χ0) is 11.3. The normalized spacial score (nSPS) is 53.1. The van der Waals surface area contributed by atoms with Crippen molar-refractivity contribution in [2.45, 2.75) is 40.0 Å². The molecule has 0 heterocycles. The average molecular weight is 216 g/mol. The summed E-state index contributed by atoms with van der Waals surface area (Å²) in [5.74, 6) is 5.89. The van der Waals surface area contributed by atoms with Crippen LogP contribution in [0.1, 0.15) is 40.0 Å². The maximum absolute atomic E-state index is 2.50. The number of hydrogen-bond donors (Lipinski definition) is 0. The molecular weight excluding hydrogens is 192 g/mol. The van der Waals surface area contributed by atoms with Crippen molar-refractivity contribution in [3.05, 3.63) is 23.8 Å². The molecule has 88 valence electrons. The third kappa shape index (κ3) is 1.28. The lowest BCUT2D eigenvalue weighted by molar-refractivity contribution is 0.241. The van der Waals surface area contributed by atoms with Gasteiger partial charge in [-0.15, -0.1) is 0 Å². The van der Waals surface area contributed by atoms with E-state index in [2.05, 4.69) is 39.0 Å². The van der Waals surface area contributed by atoms with E-state index < -0.39 is 0 Å². The summed E-state index contributed by atoms with van der Waals surface area (Å²) >= 11 is 0. The molecule has 6 unspecified atom stereocenters. The van der Waals surface area contributed by atoms with E-state index in [0.29, 0.717) is 0 Å². The molecule has 3 aliphatic rings. The second-order valence-electron chi connectivity index (χ2n) is 6.23. The Balaban J connectivity index is 1.91. The molecule has 6 atom stereocenters. The quantitative estimate of drug-likeness (QED) is 0.569. The van der Waals surface area contributed by atoms with E-state index in [1.807, 2.05) is 0 Å². The van der Waals surface area contributed by atoms with Crippen LogP contribution in [0.2, 0.25) is 0 Å². The van der Waals surface area contributed by atoms with Gasteiger partial charge >= 0.3 is 0 Å². The Hall–Kier alpha value is -0.520. The van der Waals surface area contributed by atoms with E-state index >= 15 is 0 Å². The van der Waals surface area contributed by atoms with E-state index in [9.17, 15) is 0 Å². The second-order valence-corrected chi connectivity index (χ2v) is 6.23. The van der Waals surface area contributed by atoms with Crippen molar-refractivity contribution < 1.29 is 0 Å². The van der Waals surface area contributed by atoms with E-state index in [4.69, 9.17) is 0 Å². The molecule has 0 aromatic rings. The Kier molecular flexibility index (Phi) is 2.49. The van der Waals surface area contributed by atoms with Crippen molar-refractivity contribution in [3.8, 4) is 0 Å². The lowest BCUT2D eigenvalue weighted by Gasteiger charge is -2.31. The predicted molar refractivity (Wildman–Crippen MR) is 69.0 cm³/mol. The minimum absolute atomic E-state index is 0.884. The van der Waals surface area contributed by atoms with Crippen LogP contribution >= 0.6 is 0 Å². The fourth-order valence-corrected chi connectivity index (χ4v) is 5.25. The zero-order valence-corrected chi connectivity index (χ0v) is 10.8. The number of fused-ring (bicyclic) bond motifs is 5. The maximum Gasteiger partial charge on any atom is -0.0164 e. The van der Waals surface area contributed by atoms with Gasteiger partial charge in [0.25, 0.3) is 0 Å². The molecule has 0 saturated heterocycles. The highest BCUT2D eigenvalue weighted by molar-refractivity contribution is 5.24. The molecule has 0 spiro atoms. The summed E-state index contributed by atoms with van der Waals surface area (Å²) in [4.78, 5) is 0. The molecule has 2 bridgehead atoms. The van der Waals surface area contributed by atoms with Crippen molar-refractivity contribution in [2.75, 3.05) is 0 Å². The molecular formula is C16H24. The number of rotatable bonds is 1. The molecule has 0 amide bonds. The number of hydrogen-bond acceptors (Lipinski definition) is 0. The van der Waals surface area contributed by atoms with Gasteiger partial charge < -0.3 is 0 Å². The molecule has 0 aromatic heterocycles. The van der Waals surface area contributed by atoms with Crippen LogP contribution in [-0.4, -0.2) is 0 Å². The van der Waals surface area contributed by atoms with E-state index in [0.717, 1.165) is 35.5 Å².